The van der Waals surface area contributed by atoms with Crippen LogP contribution < -0.4 is 4.57 Å². The fraction of sp³-hybridized carbons (Fsp3) is 0.125. The molecule has 0 saturated carbocycles. The smallest absolute Gasteiger partial charge is 0.238 e. The van der Waals surface area contributed by atoms with Crippen molar-refractivity contribution < 1.29 is 4.57 Å². The van der Waals surface area contributed by atoms with Gasteiger partial charge >= 0.3 is 0 Å². The normalized spacial score (nSPS) is 11.7. The van der Waals surface area contributed by atoms with Crippen molar-refractivity contribution in [2.75, 3.05) is 0 Å². The Bertz CT molecular complexity index is 1310. The van der Waals surface area contributed by atoms with E-state index in [2.05, 4.69) is 103 Å². The summed E-state index contributed by atoms with van der Waals surface area (Å²) in [5.74, 6) is 0. The van der Waals surface area contributed by atoms with Gasteiger partial charge in [-0.15, -0.1) is 0 Å². The topological polar surface area (TPSA) is 8.81 Å². The highest BCUT2D eigenvalue weighted by molar-refractivity contribution is 6.09. The van der Waals surface area contributed by atoms with Gasteiger partial charge in [-0.05, 0) is 47.5 Å². The molecule has 2 aromatic heterocycles. The van der Waals surface area contributed by atoms with Gasteiger partial charge in [-0.1, -0.05) is 42.5 Å². The van der Waals surface area contributed by atoms with Crippen molar-refractivity contribution in [3.63, 3.8) is 0 Å². The van der Waals surface area contributed by atoms with Crippen LogP contribution in [-0.2, 0) is 14.1 Å². The molecular formula is C24H21N2+. The molecule has 0 fully saturated rings. The molecule has 5 rings (SSSR count). The largest absolute Gasteiger partial charge is 0.338 e. The van der Waals surface area contributed by atoms with Gasteiger partial charge in [0.15, 0.2) is 0 Å². The van der Waals surface area contributed by atoms with E-state index < -0.39 is 0 Å². The molecule has 0 spiro atoms. The molecule has 0 N–H and O–H groups in total. The highest BCUT2D eigenvalue weighted by atomic mass is 15.0. The second-order valence-corrected chi connectivity index (χ2v) is 7.10. The van der Waals surface area contributed by atoms with Gasteiger partial charge in [0.2, 0.25) is 11.2 Å². The Balaban J connectivity index is 1.93. The summed E-state index contributed by atoms with van der Waals surface area (Å²) in [6, 6.07) is 26.3. The van der Waals surface area contributed by atoms with E-state index in [0.29, 0.717) is 0 Å². The molecule has 0 unspecified atom stereocenters. The third-order valence-electron chi connectivity index (χ3n) is 5.60. The van der Waals surface area contributed by atoms with Crippen LogP contribution in [0.1, 0.15) is 5.56 Å². The minimum atomic E-state index is 1.25. The quantitative estimate of drug-likeness (QED) is 0.368. The van der Waals surface area contributed by atoms with Crippen molar-refractivity contribution in [3.8, 4) is 11.3 Å². The molecule has 2 heteroatoms. The van der Waals surface area contributed by atoms with Crippen LogP contribution in [0.2, 0.25) is 0 Å². The van der Waals surface area contributed by atoms with E-state index >= 15 is 0 Å². The van der Waals surface area contributed by atoms with Crippen molar-refractivity contribution in [1.29, 1.82) is 0 Å². The highest BCUT2D eigenvalue weighted by Crippen LogP contribution is 2.31. The van der Waals surface area contributed by atoms with E-state index in [4.69, 9.17) is 0 Å². The molecule has 0 atom stereocenters. The van der Waals surface area contributed by atoms with Crippen LogP contribution >= 0.6 is 0 Å². The Morgan fingerprint density at radius 2 is 1.46 bits per heavy atom. The van der Waals surface area contributed by atoms with Gasteiger partial charge in [0.1, 0.15) is 12.6 Å². The molecule has 0 bridgehead atoms. The first-order valence-electron chi connectivity index (χ1n) is 9.01. The van der Waals surface area contributed by atoms with E-state index in [1.54, 1.807) is 0 Å². The summed E-state index contributed by atoms with van der Waals surface area (Å²) in [6.45, 7) is 2.18. The average Bonchev–Trinajstić information content (AvgIpc) is 2.94. The van der Waals surface area contributed by atoms with Gasteiger partial charge in [0, 0.05) is 18.7 Å². The van der Waals surface area contributed by atoms with Gasteiger partial charge in [-0.3, -0.25) is 0 Å². The maximum absolute atomic E-state index is 2.34. The number of benzene rings is 3. The molecule has 3 aromatic carbocycles. The summed E-state index contributed by atoms with van der Waals surface area (Å²) in [5.41, 5.74) is 7.65. The molecule has 0 saturated heterocycles. The predicted octanol–water partition coefficient (Wildman–Crippen LogP) is 5.28. The van der Waals surface area contributed by atoms with Gasteiger partial charge in [0.05, 0.1) is 10.9 Å². The molecule has 0 amide bonds. The van der Waals surface area contributed by atoms with Crippen molar-refractivity contribution in [2.45, 2.75) is 6.92 Å². The van der Waals surface area contributed by atoms with E-state index in [1.165, 1.54) is 49.5 Å². The molecule has 2 heterocycles. The second-order valence-electron chi connectivity index (χ2n) is 7.10. The highest BCUT2D eigenvalue weighted by Gasteiger charge is 2.21. The zero-order chi connectivity index (χ0) is 17.8. The van der Waals surface area contributed by atoms with Gasteiger partial charge in [0.25, 0.3) is 0 Å². The Hall–Kier alpha value is -3.13. The lowest BCUT2D eigenvalue weighted by molar-refractivity contribution is -0.632. The van der Waals surface area contributed by atoms with Gasteiger partial charge in [-0.25, -0.2) is 0 Å². The maximum atomic E-state index is 2.34. The number of hydrogen-bond acceptors (Lipinski definition) is 0. The number of nitrogens with zero attached hydrogens (tertiary/aromatic N) is 2. The van der Waals surface area contributed by atoms with E-state index in [0.717, 1.165) is 0 Å². The number of aryl methyl sites for hydroxylation is 3. The monoisotopic (exact) mass is 337 g/mol. The van der Waals surface area contributed by atoms with Crippen molar-refractivity contribution >= 4 is 32.7 Å². The molecule has 26 heavy (non-hydrogen) atoms. The summed E-state index contributed by atoms with van der Waals surface area (Å²) in [7, 11) is 4.34. The SMILES string of the molecule is Cc1ccccc1-c1ccc2c(c3cc4ccccc4cc3n2C)[n+]1C. The van der Waals surface area contributed by atoms with Gasteiger partial charge < -0.3 is 4.57 Å². The lowest BCUT2D eigenvalue weighted by Gasteiger charge is -2.05. The van der Waals surface area contributed by atoms with Crippen LogP contribution in [0.3, 0.4) is 0 Å². The number of rotatable bonds is 1. The zero-order valence-corrected chi connectivity index (χ0v) is 15.3. The van der Waals surface area contributed by atoms with Crippen LogP contribution in [0, 0.1) is 6.92 Å². The minimum Gasteiger partial charge on any atom is -0.338 e. The average molecular weight is 337 g/mol. The first-order chi connectivity index (χ1) is 12.6. The maximum Gasteiger partial charge on any atom is 0.238 e. The molecule has 0 aliphatic heterocycles. The first kappa shape index (κ1) is 15.2. The summed E-state index contributed by atoms with van der Waals surface area (Å²) >= 11 is 0. The van der Waals surface area contributed by atoms with E-state index in [1.807, 2.05) is 0 Å². The summed E-state index contributed by atoms with van der Waals surface area (Å²) < 4.78 is 4.65. The fourth-order valence-electron chi connectivity index (χ4n) is 4.19. The molecule has 0 radical (unpaired) electrons. The molecular weight excluding hydrogens is 316 g/mol. The number of aromatic nitrogens is 2. The first-order valence-corrected chi connectivity index (χ1v) is 9.01. The Morgan fingerprint density at radius 1 is 0.769 bits per heavy atom. The molecule has 5 aromatic rings. The standard InChI is InChI=1S/C24H21N2/c1-16-8-4-7-11-19(16)21-12-13-22-24(26(21)3)20-14-17-9-5-6-10-18(17)15-23(20)25(22)2/h4-15H,1-3H3/q+1. The molecule has 0 aliphatic carbocycles. The summed E-state index contributed by atoms with van der Waals surface area (Å²) in [6.07, 6.45) is 0. The van der Waals surface area contributed by atoms with Crippen LogP contribution in [0.4, 0.5) is 0 Å². The molecule has 0 aliphatic rings. The van der Waals surface area contributed by atoms with Gasteiger partial charge in [-0.2, -0.15) is 4.57 Å². The summed E-state index contributed by atoms with van der Waals surface area (Å²) in [4.78, 5) is 0. The van der Waals surface area contributed by atoms with Crippen molar-refractivity contribution in [1.82, 2.24) is 4.57 Å². The predicted molar refractivity (Wildman–Crippen MR) is 109 cm³/mol. The Kier molecular flexibility index (Phi) is 3.17. The number of pyridine rings is 1. The lowest BCUT2D eigenvalue weighted by Crippen LogP contribution is -2.32. The second kappa shape index (κ2) is 5.43. The van der Waals surface area contributed by atoms with Crippen LogP contribution in [0.15, 0.2) is 72.8 Å². The Morgan fingerprint density at radius 3 is 2.23 bits per heavy atom. The van der Waals surface area contributed by atoms with Crippen molar-refractivity contribution in [2.24, 2.45) is 14.1 Å². The third kappa shape index (κ3) is 2.02. The van der Waals surface area contributed by atoms with Crippen LogP contribution in [0.25, 0.3) is 44.0 Å². The lowest BCUT2D eigenvalue weighted by atomic mass is 10.0. The van der Waals surface area contributed by atoms with Crippen LogP contribution in [0.5, 0.6) is 0 Å². The van der Waals surface area contributed by atoms with E-state index in [-0.39, 0.29) is 0 Å². The number of hydrogen-bond donors (Lipinski definition) is 0. The third-order valence-corrected chi connectivity index (χ3v) is 5.60. The molecule has 2 nitrogen and oxygen atoms in total. The minimum absolute atomic E-state index is 1.25. The van der Waals surface area contributed by atoms with E-state index in [9.17, 15) is 0 Å². The number of fused-ring (bicyclic) bond motifs is 4. The Labute approximate surface area is 152 Å². The zero-order valence-electron chi connectivity index (χ0n) is 15.3. The van der Waals surface area contributed by atoms with Crippen molar-refractivity contribution in [3.05, 3.63) is 78.4 Å². The summed E-state index contributed by atoms with van der Waals surface area (Å²) in [5, 5.41) is 3.88. The van der Waals surface area contributed by atoms with Crippen LogP contribution in [-0.4, -0.2) is 4.57 Å². The molecule has 126 valence electrons. The fourth-order valence-corrected chi connectivity index (χ4v) is 4.19.